The van der Waals surface area contributed by atoms with Gasteiger partial charge >= 0.3 is 5.97 Å². The van der Waals surface area contributed by atoms with E-state index in [0.29, 0.717) is 0 Å². The highest BCUT2D eigenvalue weighted by atomic mass is 16.7. The maximum atomic E-state index is 12.3. The van der Waals surface area contributed by atoms with Crippen molar-refractivity contribution in [1.29, 1.82) is 0 Å². The van der Waals surface area contributed by atoms with Crippen molar-refractivity contribution in [2.24, 2.45) is 17.3 Å². The van der Waals surface area contributed by atoms with Gasteiger partial charge in [0, 0.05) is 5.92 Å². The molecule has 2 saturated carbocycles. The van der Waals surface area contributed by atoms with Gasteiger partial charge in [-0.15, -0.1) is 0 Å². The Morgan fingerprint density at radius 2 is 2.25 bits per heavy atom. The fraction of sp³-hybridized carbons (Fsp3) is 0.800. The van der Waals surface area contributed by atoms with E-state index in [9.17, 15) is 15.0 Å². The molecule has 2 heterocycles. The molecule has 0 aromatic heterocycles. The van der Waals surface area contributed by atoms with Gasteiger partial charge in [-0.2, -0.15) is 0 Å². The van der Waals surface area contributed by atoms with Crippen molar-refractivity contribution in [2.45, 2.75) is 44.0 Å². The molecule has 20 heavy (non-hydrogen) atoms. The standard InChI is InChI=1S/C15H20O5/c1-14-5-2-3-8-9(4-6-16)15(7-17)12(20-15)11(10(8)14)19-13(14)18/h4,8,10-12,16-17H,2-3,5-7H2,1H3/b9-4-/t8?,10?,11-,12?,14?,15?/m0/s1. The summed E-state index contributed by atoms with van der Waals surface area (Å²) >= 11 is 0. The van der Waals surface area contributed by atoms with Crippen LogP contribution in [0.2, 0.25) is 0 Å². The van der Waals surface area contributed by atoms with E-state index in [0.717, 1.165) is 24.8 Å². The summed E-state index contributed by atoms with van der Waals surface area (Å²) in [5.41, 5.74) is -0.161. The molecule has 2 aliphatic heterocycles. The van der Waals surface area contributed by atoms with Crippen LogP contribution in [0.5, 0.6) is 0 Å². The summed E-state index contributed by atoms with van der Waals surface area (Å²) in [4.78, 5) is 12.3. The van der Waals surface area contributed by atoms with Gasteiger partial charge in [-0.25, -0.2) is 0 Å². The minimum absolute atomic E-state index is 0.0629. The first-order valence-corrected chi connectivity index (χ1v) is 7.39. The fourth-order valence-corrected chi connectivity index (χ4v) is 4.95. The summed E-state index contributed by atoms with van der Waals surface area (Å²) in [6.45, 7) is 1.82. The Bertz CT molecular complexity index is 500. The average molecular weight is 280 g/mol. The minimum atomic E-state index is -0.711. The molecule has 5 heteroatoms. The third-order valence-corrected chi connectivity index (χ3v) is 5.92. The van der Waals surface area contributed by atoms with Gasteiger partial charge < -0.3 is 19.7 Å². The Hall–Kier alpha value is -0.910. The van der Waals surface area contributed by atoms with E-state index in [2.05, 4.69) is 0 Å². The molecule has 110 valence electrons. The maximum Gasteiger partial charge on any atom is 0.312 e. The van der Waals surface area contributed by atoms with Crippen molar-refractivity contribution in [1.82, 2.24) is 0 Å². The van der Waals surface area contributed by atoms with E-state index in [1.54, 1.807) is 6.08 Å². The van der Waals surface area contributed by atoms with E-state index < -0.39 is 11.0 Å². The summed E-state index contributed by atoms with van der Waals surface area (Å²) in [7, 11) is 0. The minimum Gasteiger partial charge on any atom is -0.459 e. The summed E-state index contributed by atoms with van der Waals surface area (Å²) in [5.74, 6) is 0.168. The van der Waals surface area contributed by atoms with Gasteiger partial charge in [-0.05, 0) is 31.3 Å². The van der Waals surface area contributed by atoms with E-state index in [4.69, 9.17) is 9.47 Å². The van der Waals surface area contributed by atoms with Gasteiger partial charge in [0.15, 0.2) is 0 Å². The number of hydrogen-bond acceptors (Lipinski definition) is 5. The van der Waals surface area contributed by atoms with E-state index in [-0.39, 0.29) is 43.2 Å². The number of carbonyl (C=O) groups is 1. The van der Waals surface area contributed by atoms with Crippen LogP contribution in [0.3, 0.4) is 0 Å². The van der Waals surface area contributed by atoms with Gasteiger partial charge in [-0.3, -0.25) is 4.79 Å². The van der Waals surface area contributed by atoms with Crippen LogP contribution in [0.15, 0.2) is 11.6 Å². The molecule has 6 atom stereocenters. The monoisotopic (exact) mass is 280 g/mol. The van der Waals surface area contributed by atoms with Crippen LogP contribution >= 0.6 is 0 Å². The molecule has 2 N–H and O–H groups in total. The number of aliphatic hydroxyl groups excluding tert-OH is 2. The number of epoxide rings is 1. The topological polar surface area (TPSA) is 79.3 Å². The summed E-state index contributed by atoms with van der Waals surface area (Å²) in [6, 6.07) is 0. The van der Waals surface area contributed by atoms with E-state index in [1.807, 2.05) is 6.92 Å². The molecule has 0 bridgehead atoms. The molecule has 0 radical (unpaired) electrons. The van der Waals surface area contributed by atoms with Crippen LogP contribution in [-0.4, -0.2) is 47.2 Å². The van der Waals surface area contributed by atoms with Crippen LogP contribution in [0.25, 0.3) is 0 Å². The zero-order valence-corrected chi connectivity index (χ0v) is 11.5. The normalized spacial score (nSPS) is 54.4. The number of esters is 1. The van der Waals surface area contributed by atoms with Crippen molar-refractivity contribution < 1.29 is 24.5 Å². The van der Waals surface area contributed by atoms with Gasteiger partial charge in [0.25, 0.3) is 0 Å². The molecule has 0 amide bonds. The highest BCUT2D eigenvalue weighted by Crippen LogP contribution is 2.65. The van der Waals surface area contributed by atoms with Crippen molar-refractivity contribution in [3.8, 4) is 0 Å². The van der Waals surface area contributed by atoms with Crippen LogP contribution in [-0.2, 0) is 14.3 Å². The third-order valence-electron chi connectivity index (χ3n) is 5.92. The quantitative estimate of drug-likeness (QED) is 0.435. The molecule has 0 aromatic carbocycles. The SMILES string of the molecule is CC12CCCC3/C(=C/CO)C4(CO)OC4[C@@H](OC1=O)C32. The number of hydrogen-bond donors (Lipinski definition) is 2. The predicted molar refractivity (Wildman–Crippen MR) is 68.7 cm³/mol. The molecular weight excluding hydrogens is 260 g/mol. The van der Waals surface area contributed by atoms with E-state index in [1.165, 1.54) is 0 Å². The second kappa shape index (κ2) is 3.84. The number of fused-ring (bicyclic) bond motifs is 2. The lowest BCUT2D eigenvalue weighted by Crippen LogP contribution is -2.50. The molecule has 4 rings (SSSR count). The van der Waals surface area contributed by atoms with Gasteiger partial charge in [0.1, 0.15) is 17.8 Å². The fourth-order valence-electron chi connectivity index (χ4n) is 4.95. The van der Waals surface area contributed by atoms with Crippen LogP contribution < -0.4 is 0 Å². The third kappa shape index (κ3) is 1.27. The smallest absolute Gasteiger partial charge is 0.312 e. The highest BCUT2D eigenvalue weighted by molar-refractivity contribution is 5.80. The first-order chi connectivity index (χ1) is 9.58. The lowest BCUT2D eigenvalue weighted by Gasteiger charge is -2.44. The Labute approximate surface area is 117 Å². The molecule has 0 spiro atoms. The summed E-state index contributed by atoms with van der Waals surface area (Å²) in [5, 5.41) is 19.1. The summed E-state index contributed by atoms with van der Waals surface area (Å²) in [6.07, 6.45) is 4.09. The molecule has 4 aliphatic rings. The van der Waals surface area contributed by atoms with E-state index >= 15 is 0 Å². The predicted octanol–water partition coefficient (Wildman–Crippen LogP) is 0.397. The molecule has 0 aromatic rings. The first kappa shape index (κ1) is 12.8. The number of ether oxygens (including phenoxy) is 2. The Morgan fingerprint density at radius 1 is 1.45 bits per heavy atom. The number of aliphatic hydroxyl groups is 2. The Morgan fingerprint density at radius 3 is 2.95 bits per heavy atom. The van der Waals surface area contributed by atoms with Crippen LogP contribution in [0, 0.1) is 17.3 Å². The second-order valence-electron chi connectivity index (χ2n) is 6.74. The van der Waals surface area contributed by atoms with Gasteiger partial charge in [0.2, 0.25) is 0 Å². The molecule has 4 fully saturated rings. The Balaban J connectivity index is 1.82. The van der Waals surface area contributed by atoms with Crippen LogP contribution in [0.1, 0.15) is 26.2 Å². The van der Waals surface area contributed by atoms with Crippen molar-refractivity contribution >= 4 is 5.97 Å². The maximum absolute atomic E-state index is 12.3. The zero-order chi connectivity index (χ0) is 14.1. The zero-order valence-electron chi connectivity index (χ0n) is 11.5. The molecule has 2 saturated heterocycles. The number of rotatable bonds is 2. The molecule has 5 unspecified atom stereocenters. The first-order valence-electron chi connectivity index (χ1n) is 7.39. The highest BCUT2D eigenvalue weighted by Gasteiger charge is 2.76. The largest absolute Gasteiger partial charge is 0.459 e. The number of carbonyl (C=O) groups excluding carboxylic acids is 1. The lowest BCUT2D eigenvalue weighted by molar-refractivity contribution is -0.149. The Kier molecular flexibility index (Phi) is 2.46. The summed E-state index contributed by atoms with van der Waals surface area (Å²) < 4.78 is 11.4. The van der Waals surface area contributed by atoms with Crippen LogP contribution in [0.4, 0.5) is 0 Å². The second-order valence-corrected chi connectivity index (χ2v) is 6.74. The molecule has 5 nitrogen and oxygen atoms in total. The lowest BCUT2D eigenvalue weighted by atomic mass is 9.55. The van der Waals surface area contributed by atoms with Crippen molar-refractivity contribution in [3.63, 3.8) is 0 Å². The van der Waals surface area contributed by atoms with Crippen molar-refractivity contribution in [2.75, 3.05) is 13.2 Å². The molecule has 2 aliphatic carbocycles. The van der Waals surface area contributed by atoms with Gasteiger partial charge in [-0.1, -0.05) is 12.5 Å². The van der Waals surface area contributed by atoms with Crippen molar-refractivity contribution in [3.05, 3.63) is 11.6 Å². The average Bonchev–Trinajstić information content (AvgIpc) is 3.12. The molecular formula is C15H20O5. The van der Waals surface area contributed by atoms with Gasteiger partial charge in [0.05, 0.1) is 18.6 Å².